The molecular formula is C11H12N4O3S. The molecule has 0 aliphatic heterocycles. The van der Waals surface area contributed by atoms with Crippen molar-refractivity contribution in [1.29, 1.82) is 0 Å². The zero-order chi connectivity index (χ0) is 14.0. The van der Waals surface area contributed by atoms with Gasteiger partial charge in [0.1, 0.15) is 5.69 Å². The first kappa shape index (κ1) is 13.1. The Kier molecular flexibility index (Phi) is 3.26. The van der Waals surface area contributed by atoms with E-state index in [4.69, 9.17) is 5.73 Å². The lowest BCUT2D eigenvalue weighted by Gasteiger charge is -2.05. The molecule has 1 aromatic heterocycles. The number of nitrogens with two attached hydrogens (primary N) is 1. The zero-order valence-electron chi connectivity index (χ0n) is 10.0. The van der Waals surface area contributed by atoms with Crippen LogP contribution in [-0.2, 0) is 10.0 Å². The fourth-order valence-electron chi connectivity index (χ4n) is 1.41. The lowest BCUT2D eigenvalue weighted by atomic mass is 10.2. The number of rotatable bonds is 4. The van der Waals surface area contributed by atoms with Crippen LogP contribution in [0.15, 0.2) is 35.2 Å². The van der Waals surface area contributed by atoms with Gasteiger partial charge in [0.15, 0.2) is 5.82 Å². The molecule has 100 valence electrons. The summed E-state index contributed by atoms with van der Waals surface area (Å²) in [4.78, 5) is 11.0. The van der Waals surface area contributed by atoms with Crippen molar-refractivity contribution < 1.29 is 13.2 Å². The zero-order valence-corrected chi connectivity index (χ0v) is 10.9. The van der Waals surface area contributed by atoms with Crippen molar-refractivity contribution in [2.45, 2.75) is 11.8 Å². The normalized spacial score (nSPS) is 11.2. The van der Waals surface area contributed by atoms with Crippen LogP contribution in [0.1, 0.15) is 16.1 Å². The van der Waals surface area contributed by atoms with Gasteiger partial charge in [0.05, 0.1) is 4.90 Å². The summed E-state index contributed by atoms with van der Waals surface area (Å²) in [5.41, 5.74) is 6.01. The number of amides is 1. The standard InChI is InChI=1S/C11H12N4O3S/c1-7-2-4-8(5-3-7)19(17,18)15-10-6-9(11(12)16)13-14-10/h2-6H,1H3,(H2,12,16)(H2,13,14,15). The molecule has 0 atom stereocenters. The Morgan fingerprint density at radius 2 is 1.95 bits per heavy atom. The van der Waals surface area contributed by atoms with E-state index in [0.29, 0.717) is 0 Å². The predicted molar refractivity (Wildman–Crippen MR) is 69.1 cm³/mol. The topological polar surface area (TPSA) is 118 Å². The van der Waals surface area contributed by atoms with Crippen LogP contribution in [0.4, 0.5) is 5.82 Å². The monoisotopic (exact) mass is 280 g/mol. The molecule has 7 nitrogen and oxygen atoms in total. The molecule has 0 radical (unpaired) electrons. The first-order valence-electron chi connectivity index (χ1n) is 5.33. The number of aryl methyl sites for hydroxylation is 1. The molecular weight excluding hydrogens is 268 g/mol. The molecule has 8 heteroatoms. The third-order valence-corrected chi connectivity index (χ3v) is 3.78. The summed E-state index contributed by atoms with van der Waals surface area (Å²) >= 11 is 0. The molecule has 0 unspecified atom stereocenters. The number of carbonyl (C=O) groups excluding carboxylic acids is 1. The molecule has 2 aromatic rings. The van der Waals surface area contributed by atoms with E-state index in [-0.39, 0.29) is 16.4 Å². The number of nitrogens with one attached hydrogen (secondary N) is 2. The molecule has 0 aliphatic rings. The second-order valence-corrected chi connectivity index (χ2v) is 5.63. The number of aromatic nitrogens is 2. The summed E-state index contributed by atoms with van der Waals surface area (Å²) in [7, 11) is -3.73. The fourth-order valence-corrected chi connectivity index (χ4v) is 2.41. The number of nitrogens with zero attached hydrogens (tertiary/aromatic N) is 1. The number of carbonyl (C=O) groups is 1. The lowest BCUT2D eigenvalue weighted by molar-refractivity contribution is 0.0995. The minimum absolute atomic E-state index is 0.00868. The van der Waals surface area contributed by atoms with Crippen molar-refractivity contribution in [3.63, 3.8) is 0 Å². The van der Waals surface area contributed by atoms with Gasteiger partial charge in [-0.15, -0.1) is 0 Å². The molecule has 1 aromatic carbocycles. The molecule has 0 fully saturated rings. The summed E-state index contributed by atoms with van der Waals surface area (Å²) in [5.74, 6) is -0.706. The minimum Gasteiger partial charge on any atom is -0.364 e. The maximum atomic E-state index is 12.0. The Morgan fingerprint density at radius 3 is 2.47 bits per heavy atom. The van der Waals surface area contributed by atoms with Crippen molar-refractivity contribution in [2.75, 3.05) is 4.72 Å². The summed E-state index contributed by atoms with van der Waals surface area (Å²) in [6, 6.07) is 7.58. The van der Waals surface area contributed by atoms with Crippen LogP contribution in [0.2, 0.25) is 0 Å². The second kappa shape index (κ2) is 4.73. The highest BCUT2D eigenvalue weighted by atomic mass is 32.2. The number of benzene rings is 1. The second-order valence-electron chi connectivity index (χ2n) is 3.95. The third kappa shape index (κ3) is 2.91. The first-order valence-corrected chi connectivity index (χ1v) is 6.81. The van der Waals surface area contributed by atoms with E-state index >= 15 is 0 Å². The van der Waals surface area contributed by atoms with Gasteiger partial charge in [-0.1, -0.05) is 17.7 Å². The molecule has 19 heavy (non-hydrogen) atoms. The van der Waals surface area contributed by atoms with Gasteiger partial charge in [-0.3, -0.25) is 14.6 Å². The van der Waals surface area contributed by atoms with Crippen molar-refractivity contribution in [3.05, 3.63) is 41.6 Å². The maximum absolute atomic E-state index is 12.0. The molecule has 1 heterocycles. The highest BCUT2D eigenvalue weighted by Gasteiger charge is 2.16. The SMILES string of the molecule is Cc1ccc(S(=O)(=O)Nc2cc(C(N)=O)[nH]n2)cc1. The van der Waals surface area contributed by atoms with Crippen LogP contribution in [0.5, 0.6) is 0 Å². The minimum atomic E-state index is -3.73. The van der Waals surface area contributed by atoms with E-state index in [1.165, 1.54) is 18.2 Å². The lowest BCUT2D eigenvalue weighted by Crippen LogP contribution is -2.13. The van der Waals surface area contributed by atoms with Crippen molar-refractivity contribution >= 4 is 21.7 Å². The summed E-state index contributed by atoms with van der Waals surface area (Å²) < 4.78 is 26.3. The van der Waals surface area contributed by atoms with Crippen LogP contribution < -0.4 is 10.5 Å². The van der Waals surface area contributed by atoms with E-state index in [9.17, 15) is 13.2 Å². The molecule has 2 rings (SSSR count). The number of hydrogen-bond acceptors (Lipinski definition) is 4. The first-order chi connectivity index (χ1) is 8.88. The quantitative estimate of drug-likeness (QED) is 0.760. The van der Waals surface area contributed by atoms with E-state index in [0.717, 1.165) is 5.56 Å². The van der Waals surface area contributed by atoms with E-state index in [1.54, 1.807) is 12.1 Å². The van der Waals surface area contributed by atoms with E-state index in [2.05, 4.69) is 14.9 Å². The van der Waals surface area contributed by atoms with Crippen molar-refractivity contribution in [1.82, 2.24) is 10.2 Å². The van der Waals surface area contributed by atoms with Gasteiger partial charge < -0.3 is 5.73 Å². The molecule has 0 saturated carbocycles. The van der Waals surface area contributed by atoms with E-state index in [1.807, 2.05) is 6.92 Å². The van der Waals surface area contributed by atoms with Crippen molar-refractivity contribution in [3.8, 4) is 0 Å². The van der Waals surface area contributed by atoms with Crippen LogP contribution in [0, 0.1) is 6.92 Å². The van der Waals surface area contributed by atoms with Crippen LogP contribution in [0.3, 0.4) is 0 Å². The van der Waals surface area contributed by atoms with Crippen LogP contribution >= 0.6 is 0 Å². The van der Waals surface area contributed by atoms with Crippen LogP contribution in [-0.4, -0.2) is 24.5 Å². The molecule has 0 bridgehead atoms. The average molecular weight is 280 g/mol. The van der Waals surface area contributed by atoms with Gasteiger partial charge in [0.25, 0.3) is 15.9 Å². The number of hydrogen-bond donors (Lipinski definition) is 3. The average Bonchev–Trinajstić information content (AvgIpc) is 2.77. The van der Waals surface area contributed by atoms with Gasteiger partial charge in [0.2, 0.25) is 0 Å². The highest BCUT2D eigenvalue weighted by Crippen LogP contribution is 2.15. The largest absolute Gasteiger partial charge is 0.364 e. The van der Waals surface area contributed by atoms with Crippen LogP contribution in [0.25, 0.3) is 0 Å². The number of sulfonamides is 1. The Bertz CT molecular complexity index is 704. The summed E-state index contributed by atoms with van der Waals surface area (Å²) in [6.07, 6.45) is 0. The molecule has 1 amide bonds. The van der Waals surface area contributed by atoms with Crippen molar-refractivity contribution in [2.24, 2.45) is 5.73 Å². The number of primary amides is 1. The van der Waals surface area contributed by atoms with E-state index < -0.39 is 15.9 Å². The molecule has 0 saturated heterocycles. The van der Waals surface area contributed by atoms with Gasteiger partial charge in [0, 0.05) is 6.07 Å². The fraction of sp³-hybridized carbons (Fsp3) is 0.0909. The summed E-state index contributed by atoms with van der Waals surface area (Å²) in [5, 5.41) is 5.99. The number of aromatic amines is 1. The van der Waals surface area contributed by atoms with Gasteiger partial charge in [-0.2, -0.15) is 5.10 Å². The maximum Gasteiger partial charge on any atom is 0.266 e. The van der Waals surface area contributed by atoms with Gasteiger partial charge >= 0.3 is 0 Å². The molecule has 0 spiro atoms. The third-order valence-electron chi connectivity index (χ3n) is 2.41. The molecule has 0 aliphatic carbocycles. The number of anilines is 1. The Labute approximate surface area is 109 Å². The summed E-state index contributed by atoms with van der Waals surface area (Å²) in [6.45, 7) is 1.86. The van der Waals surface area contributed by atoms with Gasteiger partial charge in [-0.05, 0) is 19.1 Å². The Morgan fingerprint density at radius 1 is 1.32 bits per heavy atom. The Balaban J connectivity index is 2.25. The smallest absolute Gasteiger partial charge is 0.266 e. The Hall–Kier alpha value is -2.35. The number of H-pyrrole nitrogens is 1. The highest BCUT2D eigenvalue weighted by molar-refractivity contribution is 7.92. The van der Waals surface area contributed by atoms with Gasteiger partial charge in [-0.25, -0.2) is 8.42 Å². The molecule has 4 N–H and O–H groups in total. The predicted octanol–water partition coefficient (Wildman–Crippen LogP) is 0.618.